The molecule has 2 saturated heterocycles. The Labute approximate surface area is 130 Å². The van der Waals surface area contributed by atoms with Crippen molar-refractivity contribution in [2.45, 2.75) is 48.2 Å². The second kappa shape index (κ2) is 6.82. The molecule has 2 rings (SSSR count). The summed E-state index contributed by atoms with van der Waals surface area (Å²) in [5, 5.41) is 77.0. The van der Waals surface area contributed by atoms with Crippen LogP contribution >= 0.6 is 0 Å². The highest BCUT2D eigenvalue weighted by atomic mass is 16.8. The minimum atomic E-state index is -2.44. The lowest BCUT2D eigenvalue weighted by Crippen LogP contribution is -2.64. The van der Waals surface area contributed by atoms with Crippen molar-refractivity contribution in [1.82, 2.24) is 0 Å². The van der Waals surface area contributed by atoms with E-state index in [1.807, 2.05) is 0 Å². The average molecular weight is 342 g/mol. The van der Waals surface area contributed by atoms with Gasteiger partial charge in [-0.05, 0) is 0 Å². The van der Waals surface area contributed by atoms with Crippen LogP contribution in [0, 0.1) is 0 Å². The van der Waals surface area contributed by atoms with Gasteiger partial charge < -0.3 is 55.1 Å². The third-order valence-corrected chi connectivity index (χ3v) is 4.11. The summed E-state index contributed by atoms with van der Waals surface area (Å²) in [4.78, 5) is 0. The van der Waals surface area contributed by atoms with Gasteiger partial charge in [-0.25, -0.2) is 0 Å². The summed E-state index contributed by atoms with van der Waals surface area (Å²) in [5.74, 6) is -4.60. The summed E-state index contributed by atoms with van der Waals surface area (Å²) >= 11 is 0. The summed E-state index contributed by atoms with van der Waals surface area (Å²) in [5.41, 5.74) is 0. The summed E-state index contributed by atoms with van der Waals surface area (Å²) in [6.45, 7) is -2.94. The monoisotopic (exact) mass is 342 g/mol. The van der Waals surface area contributed by atoms with Crippen molar-refractivity contribution in [3.63, 3.8) is 0 Å². The summed E-state index contributed by atoms with van der Waals surface area (Å²) in [6.07, 6.45) is -9.56. The molecule has 0 aromatic heterocycles. The first-order chi connectivity index (χ1) is 10.7. The molecule has 2 aliphatic rings. The van der Waals surface area contributed by atoms with Gasteiger partial charge in [-0.15, -0.1) is 0 Å². The van der Waals surface area contributed by atoms with Gasteiger partial charge in [-0.3, -0.25) is 0 Å². The largest absolute Gasteiger partial charge is 0.394 e. The van der Waals surface area contributed by atoms with E-state index in [2.05, 4.69) is 0 Å². The van der Waals surface area contributed by atoms with Crippen LogP contribution < -0.4 is 0 Å². The fraction of sp³-hybridized carbons (Fsp3) is 1.00. The minimum absolute atomic E-state index is 0.491. The first kappa shape index (κ1) is 18.9. The highest BCUT2D eigenvalue weighted by Gasteiger charge is 2.57. The Bertz CT molecular complexity index is 408. The Morgan fingerprint density at radius 3 is 2.17 bits per heavy atom. The van der Waals surface area contributed by atoms with Gasteiger partial charge in [0.15, 0.2) is 0 Å². The number of ether oxygens (including phenoxy) is 3. The maximum atomic E-state index is 10.2. The number of hydrogen-bond donors (Lipinski definition) is 8. The molecule has 0 amide bonds. The molecule has 0 saturated carbocycles. The van der Waals surface area contributed by atoms with E-state index in [9.17, 15) is 35.7 Å². The van der Waals surface area contributed by atoms with E-state index in [4.69, 9.17) is 19.3 Å². The van der Waals surface area contributed by atoms with Crippen LogP contribution in [0.3, 0.4) is 0 Å². The van der Waals surface area contributed by atoms with Gasteiger partial charge in [0.2, 0.25) is 11.6 Å². The van der Waals surface area contributed by atoms with E-state index in [1.165, 1.54) is 0 Å². The van der Waals surface area contributed by atoms with Gasteiger partial charge in [-0.1, -0.05) is 0 Å². The van der Waals surface area contributed by atoms with Crippen molar-refractivity contribution in [2.75, 3.05) is 26.4 Å². The van der Waals surface area contributed by atoms with Gasteiger partial charge in [0, 0.05) is 0 Å². The van der Waals surface area contributed by atoms with Gasteiger partial charge in [0.05, 0.1) is 13.2 Å². The molecule has 0 bridgehead atoms. The van der Waals surface area contributed by atoms with E-state index >= 15 is 0 Å². The molecule has 8 N–H and O–H groups in total. The van der Waals surface area contributed by atoms with Crippen molar-refractivity contribution in [2.24, 2.45) is 0 Å². The maximum Gasteiger partial charge on any atom is 0.221 e. The molecule has 0 aromatic rings. The molecule has 11 heteroatoms. The number of hydrogen-bond acceptors (Lipinski definition) is 11. The highest BCUT2D eigenvalue weighted by Crippen LogP contribution is 2.34. The van der Waals surface area contributed by atoms with E-state index < -0.39 is 74.6 Å². The molecule has 136 valence electrons. The lowest BCUT2D eigenvalue weighted by molar-refractivity contribution is -0.366. The van der Waals surface area contributed by atoms with Crippen LogP contribution in [0.5, 0.6) is 0 Å². The van der Waals surface area contributed by atoms with E-state index in [1.54, 1.807) is 0 Å². The van der Waals surface area contributed by atoms with Crippen molar-refractivity contribution < 1.29 is 55.1 Å². The molecule has 2 aliphatic heterocycles. The zero-order valence-corrected chi connectivity index (χ0v) is 12.1. The average Bonchev–Trinajstić information content (AvgIpc) is 2.80. The molecule has 2 fully saturated rings. The van der Waals surface area contributed by atoms with Gasteiger partial charge in [-0.2, -0.15) is 0 Å². The summed E-state index contributed by atoms with van der Waals surface area (Å²) < 4.78 is 15.1. The van der Waals surface area contributed by atoms with Crippen LogP contribution in [0.15, 0.2) is 0 Å². The fourth-order valence-corrected chi connectivity index (χ4v) is 2.54. The van der Waals surface area contributed by atoms with Crippen LogP contribution in [0.1, 0.15) is 0 Å². The normalized spacial score (nSPS) is 51.1. The van der Waals surface area contributed by atoms with Crippen LogP contribution in [0.25, 0.3) is 0 Å². The van der Waals surface area contributed by atoms with Crippen molar-refractivity contribution in [1.29, 1.82) is 0 Å². The molecule has 0 aliphatic carbocycles. The van der Waals surface area contributed by atoms with Crippen molar-refractivity contribution in [3.05, 3.63) is 0 Å². The number of aliphatic hydroxyl groups excluding tert-OH is 7. The van der Waals surface area contributed by atoms with E-state index in [0.29, 0.717) is 0 Å². The lowest BCUT2D eigenvalue weighted by Gasteiger charge is -2.43. The predicted molar refractivity (Wildman–Crippen MR) is 68.7 cm³/mol. The smallest absolute Gasteiger partial charge is 0.221 e. The molecular formula is C12H22O11. The molecule has 2 unspecified atom stereocenters. The second-order valence-electron chi connectivity index (χ2n) is 5.69. The van der Waals surface area contributed by atoms with Crippen molar-refractivity contribution in [3.8, 4) is 0 Å². The SMILES string of the molecule is OC[C@H]1OC(CO)(OCC2(O)OC[C@@H](O)[C@@H](O)[C@@H]2O)[C@@H](O)[C@@H]1O. The Morgan fingerprint density at radius 1 is 1.00 bits per heavy atom. The Kier molecular flexibility index (Phi) is 5.60. The fourth-order valence-electron chi connectivity index (χ4n) is 2.54. The summed E-state index contributed by atoms with van der Waals surface area (Å²) in [6, 6.07) is 0. The topological polar surface area (TPSA) is 190 Å². The number of rotatable bonds is 5. The standard InChI is InChI=1S/C12H22O11/c13-1-6-8(17)10(19)12(3-14,23-6)22-4-11(20)9(18)7(16)5(15)2-21-11/h5-10,13-20H,1-4H2/t5-,6-,7-,8-,9+,10+,11?,12?/m1/s1. The maximum absolute atomic E-state index is 10.2. The molecular weight excluding hydrogens is 320 g/mol. The molecule has 2 heterocycles. The van der Waals surface area contributed by atoms with Crippen LogP contribution in [0.4, 0.5) is 0 Å². The Hall–Kier alpha value is -0.440. The van der Waals surface area contributed by atoms with Gasteiger partial charge in [0.25, 0.3) is 0 Å². The second-order valence-corrected chi connectivity index (χ2v) is 5.69. The van der Waals surface area contributed by atoms with E-state index in [-0.39, 0.29) is 0 Å². The third-order valence-electron chi connectivity index (χ3n) is 4.11. The lowest BCUT2D eigenvalue weighted by atomic mass is 9.97. The quantitative estimate of drug-likeness (QED) is 0.238. The summed E-state index contributed by atoms with van der Waals surface area (Å²) in [7, 11) is 0. The van der Waals surface area contributed by atoms with Crippen LogP contribution in [-0.4, -0.2) is 115 Å². The molecule has 11 nitrogen and oxygen atoms in total. The zero-order chi connectivity index (χ0) is 17.4. The zero-order valence-electron chi connectivity index (χ0n) is 12.1. The van der Waals surface area contributed by atoms with Crippen LogP contribution in [0.2, 0.25) is 0 Å². The number of aliphatic hydroxyl groups is 8. The first-order valence-electron chi connectivity index (χ1n) is 7.01. The predicted octanol–water partition coefficient (Wildman–Crippen LogP) is -5.39. The molecule has 0 aromatic carbocycles. The van der Waals surface area contributed by atoms with E-state index in [0.717, 1.165) is 0 Å². The molecule has 8 atom stereocenters. The highest BCUT2D eigenvalue weighted by molar-refractivity contribution is 4.98. The first-order valence-corrected chi connectivity index (χ1v) is 7.01. The molecule has 23 heavy (non-hydrogen) atoms. The molecule has 0 spiro atoms. The van der Waals surface area contributed by atoms with Crippen LogP contribution in [-0.2, 0) is 14.2 Å². The Balaban J connectivity index is 2.09. The molecule has 0 radical (unpaired) electrons. The van der Waals surface area contributed by atoms with Crippen molar-refractivity contribution >= 4 is 0 Å². The third kappa shape index (κ3) is 3.23. The van der Waals surface area contributed by atoms with Gasteiger partial charge >= 0.3 is 0 Å². The Morgan fingerprint density at radius 2 is 1.65 bits per heavy atom. The van der Waals surface area contributed by atoms with Gasteiger partial charge in [0.1, 0.15) is 49.8 Å². The minimum Gasteiger partial charge on any atom is -0.394 e.